The number of benzene rings is 1. The van der Waals surface area contributed by atoms with Gasteiger partial charge in [-0.05, 0) is 26.0 Å². The lowest BCUT2D eigenvalue weighted by atomic mass is 9.84. The van der Waals surface area contributed by atoms with Crippen LogP contribution in [0.3, 0.4) is 0 Å². The second kappa shape index (κ2) is 5.54. The van der Waals surface area contributed by atoms with Gasteiger partial charge >= 0.3 is 0 Å². The number of hydrogen-bond acceptors (Lipinski definition) is 3. The van der Waals surface area contributed by atoms with Gasteiger partial charge in [-0.15, -0.1) is 0 Å². The van der Waals surface area contributed by atoms with Gasteiger partial charge in [-0.3, -0.25) is 4.79 Å². The number of rotatable bonds is 4. The zero-order valence-electron chi connectivity index (χ0n) is 11.8. The number of aromatic nitrogens is 2. The molecule has 0 unspecified atom stereocenters. The van der Waals surface area contributed by atoms with Gasteiger partial charge in [-0.25, -0.2) is 4.98 Å². The van der Waals surface area contributed by atoms with Crippen LogP contribution in [0.15, 0.2) is 43.0 Å². The summed E-state index contributed by atoms with van der Waals surface area (Å²) in [5, 5.41) is 2.89. The third-order valence-electron chi connectivity index (χ3n) is 3.27. The third kappa shape index (κ3) is 2.63. The van der Waals surface area contributed by atoms with Gasteiger partial charge in [0.15, 0.2) is 5.78 Å². The maximum atomic E-state index is 12.6. The molecule has 2 aromatic rings. The molecule has 0 fully saturated rings. The molecule has 20 heavy (non-hydrogen) atoms. The Morgan fingerprint density at radius 2 is 2.15 bits per heavy atom. The van der Waals surface area contributed by atoms with Crippen molar-refractivity contribution in [1.82, 2.24) is 14.9 Å². The fraction of sp³-hybridized carbons (Fsp3) is 0.267. The summed E-state index contributed by atoms with van der Waals surface area (Å²) in [6.07, 6.45) is 5.24. The van der Waals surface area contributed by atoms with E-state index in [2.05, 4.69) is 10.3 Å². The van der Waals surface area contributed by atoms with Crippen molar-refractivity contribution in [2.45, 2.75) is 13.8 Å². The van der Waals surface area contributed by atoms with Crippen LogP contribution in [0.25, 0.3) is 5.69 Å². The first-order chi connectivity index (χ1) is 9.46. The zero-order valence-corrected chi connectivity index (χ0v) is 12.6. The number of thiocarbonyl (C=S) groups is 1. The van der Waals surface area contributed by atoms with E-state index in [4.69, 9.17) is 12.2 Å². The second-order valence-electron chi connectivity index (χ2n) is 5.05. The quantitative estimate of drug-likeness (QED) is 0.693. The zero-order chi connectivity index (χ0) is 14.8. The number of nitrogens with one attached hydrogen (secondary N) is 1. The molecule has 0 spiro atoms. The highest BCUT2D eigenvalue weighted by atomic mass is 32.1. The molecule has 0 saturated carbocycles. The molecule has 0 aliphatic carbocycles. The molecule has 104 valence electrons. The van der Waals surface area contributed by atoms with E-state index in [0.29, 0.717) is 10.6 Å². The molecule has 1 heterocycles. The normalized spacial score (nSPS) is 11.2. The van der Waals surface area contributed by atoms with Crippen LogP contribution in [-0.4, -0.2) is 27.4 Å². The van der Waals surface area contributed by atoms with E-state index < -0.39 is 5.41 Å². The molecule has 1 aromatic carbocycles. The van der Waals surface area contributed by atoms with E-state index in [9.17, 15) is 4.79 Å². The summed E-state index contributed by atoms with van der Waals surface area (Å²) in [5.74, 6) is -0.00110. The highest BCUT2D eigenvalue weighted by molar-refractivity contribution is 7.80. The SMILES string of the molecule is CNC(=S)C(C)(C)C(=O)c1cccc(-n2ccnc2)c1. The molecule has 5 heteroatoms. The molecule has 0 radical (unpaired) electrons. The summed E-state index contributed by atoms with van der Waals surface area (Å²) >= 11 is 5.23. The Morgan fingerprint density at radius 3 is 2.75 bits per heavy atom. The third-order valence-corrected chi connectivity index (χ3v) is 3.99. The van der Waals surface area contributed by atoms with Gasteiger partial charge in [-0.1, -0.05) is 24.4 Å². The number of Topliss-reactive ketones (excluding diaryl/α,β-unsaturated/α-hetero) is 1. The minimum absolute atomic E-state index is 0.00110. The number of carbonyl (C=O) groups is 1. The molecule has 1 N–H and O–H groups in total. The first-order valence-corrected chi connectivity index (χ1v) is 6.73. The highest BCUT2D eigenvalue weighted by Crippen LogP contribution is 2.24. The molecular weight excluding hydrogens is 270 g/mol. The molecule has 1 aromatic heterocycles. The molecule has 4 nitrogen and oxygen atoms in total. The molecule has 0 bridgehead atoms. The maximum Gasteiger partial charge on any atom is 0.175 e. The van der Waals surface area contributed by atoms with Crippen LogP contribution in [0.1, 0.15) is 24.2 Å². The van der Waals surface area contributed by atoms with E-state index in [1.165, 1.54) is 0 Å². The molecule has 0 saturated heterocycles. The maximum absolute atomic E-state index is 12.6. The minimum Gasteiger partial charge on any atom is -0.382 e. The number of hydrogen-bond donors (Lipinski definition) is 1. The standard InChI is InChI=1S/C15H17N3OS/c1-15(2,14(20)16-3)13(19)11-5-4-6-12(9-11)18-8-7-17-10-18/h4-10H,1-3H3,(H,16,20). The fourth-order valence-electron chi connectivity index (χ4n) is 2.00. The minimum atomic E-state index is -0.725. The van der Waals surface area contributed by atoms with Crippen molar-refractivity contribution in [3.05, 3.63) is 48.5 Å². The van der Waals surface area contributed by atoms with Crippen LogP contribution in [0, 0.1) is 5.41 Å². The second-order valence-corrected chi connectivity index (χ2v) is 5.46. The Bertz CT molecular complexity index is 632. The van der Waals surface area contributed by atoms with Gasteiger partial charge in [0.05, 0.1) is 16.7 Å². The topological polar surface area (TPSA) is 46.9 Å². The lowest BCUT2D eigenvalue weighted by Crippen LogP contribution is -2.39. The van der Waals surface area contributed by atoms with Gasteiger partial charge in [0.2, 0.25) is 0 Å². The summed E-state index contributed by atoms with van der Waals surface area (Å²) in [7, 11) is 1.74. The first kappa shape index (κ1) is 14.4. The average molecular weight is 287 g/mol. The van der Waals surface area contributed by atoms with Crippen molar-refractivity contribution in [2.75, 3.05) is 7.05 Å². The Labute approximate surface area is 123 Å². The predicted molar refractivity (Wildman–Crippen MR) is 83.3 cm³/mol. The van der Waals surface area contributed by atoms with Gasteiger partial charge in [0.25, 0.3) is 0 Å². The van der Waals surface area contributed by atoms with Crippen LogP contribution in [0.4, 0.5) is 0 Å². The summed E-state index contributed by atoms with van der Waals surface area (Å²) in [6, 6.07) is 7.45. The molecule has 0 atom stereocenters. The van der Waals surface area contributed by atoms with Crippen molar-refractivity contribution in [1.29, 1.82) is 0 Å². The van der Waals surface area contributed by atoms with Crippen LogP contribution in [0.2, 0.25) is 0 Å². The van der Waals surface area contributed by atoms with Crippen molar-refractivity contribution in [2.24, 2.45) is 5.41 Å². The monoisotopic (exact) mass is 287 g/mol. The number of nitrogens with zero attached hydrogens (tertiary/aromatic N) is 2. The highest BCUT2D eigenvalue weighted by Gasteiger charge is 2.32. The lowest BCUT2D eigenvalue weighted by Gasteiger charge is -2.24. The van der Waals surface area contributed by atoms with Gasteiger partial charge in [0, 0.05) is 30.7 Å². The van der Waals surface area contributed by atoms with Gasteiger partial charge in [-0.2, -0.15) is 0 Å². The molecular formula is C15H17N3OS. The average Bonchev–Trinajstić information content (AvgIpc) is 2.99. The van der Waals surface area contributed by atoms with E-state index >= 15 is 0 Å². The van der Waals surface area contributed by atoms with E-state index in [1.54, 1.807) is 19.6 Å². The summed E-state index contributed by atoms with van der Waals surface area (Å²) in [4.78, 5) is 17.2. The smallest absolute Gasteiger partial charge is 0.175 e. The Hall–Kier alpha value is -2.01. The fourth-order valence-corrected chi connectivity index (χ4v) is 2.09. The number of imidazole rings is 1. The molecule has 0 aliphatic rings. The number of carbonyl (C=O) groups excluding carboxylic acids is 1. The van der Waals surface area contributed by atoms with E-state index in [0.717, 1.165) is 5.69 Å². The largest absolute Gasteiger partial charge is 0.382 e. The Balaban J connectivity index is 2.37. The molecule has 2 rings (SSSR count). The van der Waals surface area contributed by atoms with Crippen molar-refractivity contribution >= 4 is 23.0 Å². The van der Waals surface area contributed by atoms with Gasteiger partial charge < -0.3 is 9.88 Å². The summed E-state index contributed by atoms with van der Waals surface area (Å²) in [6.45, 7) is 3.66. The van der Waals surface area contributed by atoms with Crippen LogP contribution < -0.4 is 5.32 Å². The van der Waals surface area contributed by atoms with Crippen LogP contribution in [0.5, 0.6) is 0 Å². The van der Waals surface area contributed by atoms with E-state index in [-0.39, 0.29) is 5.78 Å². The Kier molecular flexibility index (Phi) is 3.99. The van der Waals surface area contributed by atoms with E-state index in [1.807, 2.05) is 48.9 Å². The number of ketones is 1. The molecule has 0 amide bonds. The summed E-state index contributed by atoms with van der Waals surface area (Å²) < 4.78 is 1.86. The first-order valence-electron chi connectivity index (χ1n) is 6.32. The summed E-state index contributed by atoms with van der Waals surface area (Å²) in [5.41, 5.74) is 0.816. The van der Waals surface area contributed by atoms with Gasteiger partial charge in [0.1, 0.15) is 0 Å². The van der Waals surface area contributed by atoms with Crippen LogP contribution >= 0.6 is 12.2 Å². The molecule has 0 aliphatic heterocycles. The van der Waals surface area contributed by atoms with Crippen LogP contribution in [-0.2, 0) is 0 Å². The van der Waals surface area contributed by atoms with Crippen molar-refractivity contribution in [3.8, 4) is 5.69 Å². The lowest BCUT2D eigenvalue weighted by molar-refractivity contribution is 0.0901. The predicted octanol–water partition coefficient (Wildman–Crippen LogP) is 2.63. The van der Waals surface area contributed by atoms with Crippen molar-refractivity contribution < 1.29 is 4.79 Å². The Morgan fingerprint density at radius 1 is 1.40 bits per heavy atom. The van der Waals surface area contributed by atoms with Crippen molar-refractivity contribution in [3.63, 3.8) is 0 Å².